The van der Waals surface area contributed by atoms with Crippen molar-refractivity contribution in [2.45, 2.75) is 19.3 Å². The van der Waals surface area contributed by atoms with Gasteiger partial charge in [0.05, 0.1) is 0 Å². The first-order valence-electron chi connectivity index (χ1n) is 13.8. The van der Waals surface area contributed by atoms with Crippen LogP contribution in [0.15, 0.2) is 146 Å². The van der Waals surface area contributed by atoms with E-state index in [1.165, 1.54) is 0 Å². The standard InChI is InChI=1S/C36H30N3OP/c40-41(34-22-10-19-31(37-34)25-28-13-4-1-5-14-28,35-23-11-20-32(38-35)26-29-15-6-2-7-16-29)36-24-12-21-33(39-36)27-30-17-8-3-9-18-30/h1-24H,25-27H2. The third-order valence-electron chi connectivity index (χ3n) is 7.03. The Hall–Kier alpha value is -4.66. The van der Waals surface area contributed by atoms with E-state index in [-0.39, 0.29) is 0 Å². The fourth-order valence-corrected chi connectivity index (χ4v) is 7.39. The van der Waals surface area contributed by atoms with E-state index in [9.17, 15) is 0 Å². The van der Waals surface area contributed by atoms with E-state index in [2.05, 4.69) is 36.4 Å². The molecule has 5 heteroatoms. The van der Waals surface area contributed by atoms with Gasteiger partial charge in [0.1, 0.15) is 16.3 Å². The van der Waals surface area contributed by atoms with Crippen LogP contribution in [0.4, 0.5) is 0 Å². The summed E-state index contributed by atoms with van der Waals surface area (Å²) in [5.41, 5.74) is 7.52. The first-order chi connectivity index (χ1) is 20.2. The highest BCUT2D eigenvalue weighted by molar-refractivity contribution is 7.84. The van der Waals surface area contributed by atoms with Crippen molar-refractivity contribution in [3.8, 4) is 0 Å². The van der Waals surface area contributed by atoms with E-state index < -0.39 is 7.14 Å². The lowest BCUT2D eigenvalue weighted by molar-refractivity contribution is 0.590. The summed E-state index contributed by atoms with van der Waals surface area (Å²) in [5, 5.41) is 0. The molecule has 6 aromatic rings. The Morgan fingerprint density at radius 2 is 0.659 bits per heavy atom. The Bertz CT molecular complexity index is 1580. The van der Waals surface area contributed by atoms with Crippen LogP contribution in [0.1, 0.15) is 33.8 Å². The molecule has 0 radical (unpaired) electrons. The molecular weight excluding hydrogens is 521 g/mol. The maximum absolute atomic E-state index is 15.4. The van der Waals surface area contributed by atoms with Crippen LogP contribution < -0.4 is 16.3 Å². The van der Waals surface area contributed by atoms with E-state index in [4.69, 9.17) is 15.0 Å². The van der Waals surface area contributed by atoms with Crippen LogP contribution in [-0.4, -0.2) is 15.0 Å². The van der Waals surface area contributed by atoms with Crippen LogP contribution in [0.2, 0.25) is 0 Å². The van der Waals surface area contributed by atoms with Crippen molar-refractivity contribution in [1.29, 1.82) is 0 Å². The molecule has 0 amide bonds. The van der Waals surface area contributed by atoms with Gasteiger partial charge in [-0.15, -0.1) is 0 Å². The number of aromatic nitrogens is 3. The predicted molar refractivity (Wildman–Crippen MR) is 167 cm³/mol. The molecule has 0 fully saturated rings. The second kappa shape index (κ2) is 12.2. The van der Waals surface area contributed by atoms with Gasteiger partial charge in [-0.3, -0.25) is 0 Å². The zero-order valence-electron chi connectivity index (χ0n) is 22.7. The van der Waals surface area contributed by atoms with Gasteiger partial charge in [-0.2, -0.15) is 0 Å². The highest BCUT2D eigenvalue weighted by atomic mass is 31.2. The van der Waals surface area contributed by atoms with Crippen molar-refractivity contribution in [2.24, 2.45) is 0 Å². The topological polar surface area (TPSA) is 55.7 Å². The molecular formula is C36H30N3OP. The SMILES string of the molecule is O=P(c1cccc(Cc2ccccc2)n1)(c1cccc(Cc2ccccc2)n1)c1cccc(Cc2ccccc2)n1. The zero-order chi connectivity index (χ0) is 27.9. The summed E-state index contributed by atoms with van der Waals surface area (Å²) < 4.78 is 15.4. The summed E-state index contributed by atoms with van der Waals surface area (Å²) in [4.78, 5) is 14.9. The molecule has 0 bridgehead atoms. The molecule has 200 valence electrons. The van der Waals surface area contributed by atoms with E-state index >= 15 is 4.57 Å². The molecule has 0 N–H and O–H groups in total. The van der Waals surface area contributed by atoms with Gasteiger partial charge in [-0.1, -0.05) is 109 Å². The summed E-state index contributed by atoms with van der Waals surface area (Å²) in [6.07, 6.45) is 1.95. The molecule has 0 atom stereocenters. The van der Waals surface area contributed by atoms with Gasteiger partial charge in [0.25, 0.3) is 0 Å². The number of hydrogen-bond donors (Lipinski definition) is 0. The van der Waals surface area contributed by atoms with Crippen LogP contribution in [0.25, 0.3) is 0 Å². The van der Waals surface area contributed by atoms with Crippen molar-refractivity contribution in [2.75, 3.05) is 0 Å². The monoisotopic (exact) mass is 551 g/mol. The van der Waals surface area contributed by atoms with Crippen LogP contribution in [-0.2, 0) is 23.8 Å². The molecule has 0 saturated heterocycles. The van der Waals surface area contributed by atoms with Crippen molar-refractivity contribution in [1.82, 2.24) is 15.0 Å². The quantitative estimate of drug-likeness (QED) is 0.198. The van der Waals surface area contributed by atoms with Gasteiger partial charge in [-0.05, 0) is 53.1 Å². The Morgan fingerprint density at radius 3 is 0.951 bits per heavy atom. The smallest absolute Gasteiger partial charge is 0.223 e. The molecule has 0 saturated carbocycles. The lowest BCUT2D eigenvalue weighted by Crippen LogP contribution is -2.31. The number of nitrogens with zero attached hydrogens (tertiary/aromatic N) is 3. The molecule has 0 spiro atoms. The van der Waals surface area contributed by atoms with Gasteiger partial charge in [0, 0.05) is 36.3 Å². The van der Waals surface area contributed by atoms with Gasteiger partial charge in [-0.25, -0.2) is 15.0 Å². The van der Waals surface area contributed by atoms with Crippen molar-refractivity contribution in [3.63, 3.8) is 0 Å². The van der Waals surface area contributed by atoms with Gasteiger partial charge >= 0.3 is 0 Å². The molecule has 0 unspecified atom stereocenters. The minimum Gasteiger partial charge on any atom is -0.304 e. The predicted octanol–water partition coefficient (Wildman–Crippen LogP) is 6.28. The van der Waals surface area contributed by atoms with E-state index in [0.717, 1.165) is 33.8 Å². The molecule has 3 heterocycles. The largest absolute Gasteiger partial charge is 0.304 e. The maximum atomic E-state index is 15.4. The Kier molecular flexibility index (Phi) is 7.93. The minimum atomic E-state index is -3.50. The second-order valence-corrected chi connectivity index (χ2v) is 12.7. The highest BCUT2D eigenvalue weighted by Crippen LogP contribution is 2.40. The Morgan fingerprint density at radius 1 is 0.366 bits per heavy atom. The van der Waals surface area contributed by atoms with Crippen molar-refractivity contribution < 1.29 is 4.57 Å². The average Bonchev–Trinajstić information content (AvgIpc) is 3.03. The van der Waals surface area contributed by atoms with Crippen LogP contribution in [0, 0.1) is 0 Å². The summed E-state index contributed by atoms with van der Waals surface area (Å²) in [5.74, 6) is 0. The van der Waals surface area contributed by atoms with Gasteiger partial charge in [0.15, 0.2) is 0 Å². The van der Waals surface area contributed by atoms with Crippen LogP contribution in [0.5, 0.6) is 0 Å². The van der Waals surface area contributed by atoms with Gasteiger partial charge in [0.2, 0.25) is 7.14 Å². The second-order valence-electron chi connectivity index (χ2n) is 10.1. The first kappa shape index (κ1) is 26.6. The lowest BCUT2D eigenvalue weighted by atomic mass is 10.1. The fourth-order valence-electron chi connectivity index (χ4n) is 4.99. The molecule has 41 heavy (non-hydrogen) atoms. The summed E-state index contributed by atoms with van der Waals surface area (Å²) in [7, 11) is -3.50. The van der Waals surface area contributed by atoms with E-state index in [1.54, 1.807) is 0 Å². The number of benzene rings is 3. The number of pyridine rings is 3. The highest BCUT2D eigenvalue weighted by Gasteiger charge is 2.35. The molecule has 4 nitrogen and oxygen atoms in total. The first-order valence-corrected chi connectivity index (χ1v) is 15.5. The fraction of sp³-hybridized carbons (Fsp3) is 0.0833. The van der Waals surface area contributed by atoms with E-state index in [1.807, 2.05) is 109 Å². The van der Waals surface area contributed by atoms with E-state index in [0.29, 0.717) is 35.6 Å². The molecule has 0 aliphatic rings. The lowest BCUT2D eigenvalue weighted by Gasteiger charge is -2.19. The average molecular weight is 552 g/mol. The third-order valence-corrected chi connectivity index (χ3v) is 9.71. The van der Waals surface area contributed by atoms with Gasteiger partial charge < -0.3 is 4.57 Å². The van der Waals surface area contributed by atoms with Crippen molar-refractivity contribution in [3.05, 3.63) is 179 Å². The number of rotatable bonds is 9. The molecule has 3 aromatic carbocycles. The molecule has 6 rings (SSSR count). The Balaban J connectivity index is 1.44. The third kappa shape index (κ3) is 6.24. The molecule has 0 aliphatic heterocycles. The van der Waals surface area contributed by atoms with Crippen molar-refractivity contribution >= 4 is 23.4 Å². The maximum Gasteiger partial charge on any atom is 0.223 e. The van der Waals surface area contributed by atoms with Crippen LogP contribution >= 0.6 is 7.14 Å². The van der Waals surface area contributed by atoms with Crippen LogP contribution in [0.3, 0.4) is 0 Å². The molecule has 0 aliphatic carbocycles. The molecule has 3 aromatic heterocycles. The summed E-state index contributed by atoms with van der Waals surface area (Å²) >= 11 is 0. The minimum absolute atomic E-state index is 0.500. The zero-order valence-corrected chi connectivity index (χ0v) is 23.6. The Labute approximate surface area is 241 Å². The number of hydrogen-bond acceptors (Lipinski definition) is 4. The summed E-state index contributed by atoms with van der Waals surface area (Å²) in [6.45, 7) is 0. The summed E-state index contributed by atoms with van der Waals surface area (Å²) in [6, 6.07) is 48.0. The normalized spacial score (nSPS) is 11.3.